The summed E-state index contributed by atoms with van der Waals surface area (Å²) in [4.78, 5) is 0. The van der Waals surface area contributed by atoms with Crippen LogP contribution in [0.15, 0.2) is 46.9 Å². The number of alkyl halides is 1. The quantitative estimate of drug-likeness (QED) is 0.523. The fourth-order valence-electron chi connectivity index (χ4n) is 1.81. The average molecular weight is 372 g/mol. The van der Waals surface area contributed by atoms with E-state index in [1.165, 1.54) is 0 Å². The lowest BCUT2D eigenvalue weighted by molar-refractivity contribution is 0.210. The highest BCUT2D eigenvalue weighted by molar-refractivity contribution is 9.10. The van der Waals surface area contributed by atoms with Crippen LogP contribution in [-0.4, -0.2) is 20.3 Å². The molecular weight excluding hydrogens is 356 g/mol. The van der Waals surface area contributed by atoms with Crippen molar-refractivity contribution in [2.24, 2.45) is 0 Å². The lowest BCUT2D eigenvalue weighted by Crippen LogP contribution is -2.10. The predicted octanol–water partition coefficient (Wildman–Crippen LogP) is 4.65. The van der Waals surface area contributed by atoms with Gasteiger partial charge in [-0.1, -0.05) is 18.2 Å². The van der Waals surface area contributed by atoms with Crippen LogP contribution < -0.4 is 14.2 Å². The molecule has 0 spiro atoms. The Morgan fingerprint density at radius 2 is 1.76 bits per heavy atom. The first-order valence-electron chi connectivity index (χ1n) is 6.47. The van der Waals surface area contributed by atoms with E-state index in [2.05, 4.69) is 15.9 Å². The summed E-state index contributed by atoms with van der Waals surface area (Å²) >= 11 is 9.31. The number of hydrogen-bond acceptors (Lipinski definition) is 3. The minimum atomic E-state index is 0.421. The van der Waals surface area contributed by atoms with E-state index in [4.69, 9.17) is 25.8 Å². The maximum atomic E-state index is 5.84. The van der Waals surface area contributed by atoms with Crippen LogP contribution in [0.5, 0.6) is 17.2 Å². The van der Waals surface area contributed by atoms with Crippen molar-refractivity contribution in [2.75, 3.05) is 20.3 Å². The number of para-hydroxylation sites is 1. The molecule has 0 unspecified atom stereocenters. The van der Waals surface area contributed by atoms with E-state index in [-0.39, 0.29) is 0 Å². The molecule has 0 N–H and O–H groups in total. The fourth-order valence-corrected chi connectivity index (χ4v) is 2.57. The Bertz CT molecular complexity index is 575. The lowest BCUT2D eigenvalue weighted by Gasteiger charge is -2.14. The Balaban J connectivity index is 1.93. The molecule has 2 rings (SSSR count). The van der Waals surface area contributed by atoms with Crippen LogP contribution in [-0.2, 0) is 5.88 Å². The maximum Gasteiger partial charge on any atom is 0.175 e. The van der Waals surface area contributed by atoms with Gasteiger partial charge in [-0.3, -0.25) is 0 Å². The Hall–Kier alpha value is -1.39. The molecule has 0 bridgehead atoms. The molecular formula is C16H16BrClO3. The van der Waals surface area contributed by atoms with E-state index in [0.29, 0.717) is 30.6 Å². The number of halogens is 2. The van der Waals surface area contributed by atoms with Crippen molar-refractivity contribution in [3.8, 4) is 17.2 Å². The van der Waals surface area contributed by atoms with Crippen LogP contribution in [0.3, 0.4) is 0 Å². The summed E-state index contributed by atoms with van der Waals surface area (Å²) in [6.07, 6.45) is 0. The molecule has 0 aliphatic carbocycles. The molecule has 0 saturated heterocycles. The molecule has 0 aromatic heterocycles. The molecule has 21 heavy (non-hydrogen) atoms. The zero-order chi connectivity index (χ0) is 15.1. The molecule has 0 amide bonds. The summed E-state index contributed by atoms with van der Waals surface area (Å²) in [6, 6.07) is 13.4. The molecule has 0 heterocycles. The molecule has 0 atom stereocenters. The highest BCUT2D eigenvalue weighted by Gasteiger charge is 2.11. The maximum absolute atomic E-state index is 5.84. The third-order valence-electron chi connectivity index (χ3n) is 2.79. The van der Waals surface area contributed by atoms with Crippen molar-refractivity contribution in [1.82, 2.24) is 0 Å². The number of hydrogen-bond donors (Lipinski definition) is 0. The van der Waals surface area contributed by atoms with E-state index in [1.54, 1.807) is 7.11 Å². The summed E-state index contributed by atoms with van der Waals surface area (Å²) in [5.41, 5.74) is 0.966. The summed E-state index contributed by atoms with van der Waals surface area (Å²) in [5, 5.41) is 0. The van der Waals surface area contributed by atoms with Crippen molar-refractivity contribution >= 4 is 27.5 Å². The first kappa shape index (κ1) is 16.0. The van der Waals surface area contributed by atoms with E-state index in [0.717, 1.165) is 15.8 Å². The SMILES string of the molecule is COc1cc(CCl)cc(Br)c1OCCOc1ccccc1. The Labute approximate surface area is 137 Å². The van der Waals surface area contributed by atoms with Crippen LogP contribution in [0, 0.1) is 0 Å². The highest BCUT2D eigenvalue weighted by Crippen LogP contribution is 2.37. The Morgan fingerprint density at radius 1 is 1.05 bits per heavy atom. The summed E-state index contributed by atoms with van der Waals surface area (Å²) < 4.78 is 17.5. The van der Waals surface area contributed by atoms with Crippen molar-refractivity contribution in [3.05, 3.63) is 52.5 Å². The van der Waals surface area contributed by atoms with Gasteiger partial charge in [-0.05, 0) is 45.8 Å². The normalized spacial score (nSPS) is 10.2. The van der Waals surface area contributed by atoms with Crippen molar-refractivity contribution in [2.45, 2.75) is 5.88 Å². The van der Waals surface area contributed by atoms with Crippen LogP contribution in [0.1, 0.15) is 5.56 Å². The van der Waals surface area contributed by atoms with Gasteiger partial charge in [0, 0.05) is 5.88 Å². The predicted molar refractivity (Wildman–Crippen MR) is 87.7 cm³/mol. The number of benzene rings is 2. The van der Waals surface area contributed by atoms with Crippen LogP contribution in [0.25, 0.3) is 0 Å². The van der Waals surface area contributed by atoms with Crippen molar-refractivity contribution in [1.29, 1.82) is 0 Å². The standard InChI is InChI=1S/C16H16BrClO3/c1-19-15-10-12(11-18)9-14(17)16(15)21-8-7-20-13-5-3-2-4-6-13/h2-6,9-10H,7-8,11H2,1H3. The summed E-state index contributed by atoms with van der Waals surface area (Å²) in [6.45, 7) is 0.876. The van der Waals surface area contributed by atoms with E-state index < -0.39 is 0 Å². The number of ether oxygens (including phenoxy) is 3. The summed E-state index contributed by atoms with van der Waals surface area (Å²) in [7, 11) is 1.60. The minimum Gasteiger partial charge on any atom is -0.493 e. The number of methoxy groups -OCH3 is 1. The molecule has 0 radical (unpaired) electrons. The fraction of sp³-hybridized carbons (Fsp3) is 0.250. The monoisotopic (exact) mass is 370 g/mol. The minimum absolute atomic E-state index is 0.421. The smallest absolute Gasteiger partial charge is 0.175 e. The zero-order valence-corrected chi connectivity index (χ0v) is 14.0. The topological polar surface area (TPSA) is 27.7 Å². The Kier molecular flexibility index (Phi) is 6.21. The first-order chi connectivity index (χ1) is 10.2. The van der Waals surface area contributed by atoms with Gasteiger partial charge in [0.2, 0.25) is 0 Å². The van der Waals surface area contributed by atoms with Gasteiger partial charge in [-0.2, -0.15) is 0 Å². The van der Waals surface area contributed by atoms with Crippen LogP contribution >= 0.6 is 27.5 Å². The second kappa shape index (κ2) is 8.15. The average Bonchev–Trinajstić information content (AvgIpc) is 2.53. The van der Waals surface area contributed by atoms with Gasteiger partial charge < -0.3 is 14.2 Å². The van der Waals surface area contributed by atoms with Gasteiger partial charge in [0.15, 0.2) is 11.5 Å². The second-order valence-corrected chi connectivity index (χ2v) is 5.37. The molecule has 0 fully saturated rings. The first-order valence-corrected chi connectivity index (χ1v) is 7.80. The van der Waals surface area contributed by atoms with E-state index >= 15 is 0 Å². The van der Waals surface area contributed by atoms with E-state index in [1.807, 2.05) is 42.5 Å². The van der Waals surface area contributed by atoms with Gasteiger partial charge in [0.05, 0.1) is 11.6 Å². The molecule has 112 valence electrons. The van der Waals surface area contributed by atoms with Gasteiger partial charge >= 0.3 is 0 Å². The molecule has 2 aromatic rings. The van der Waals surface area contributed by atoms with Gasteiger partial charge in [-0.25, -0.2) is 0 Å². The van der Waals surface area contributed by atoms with Crippen molar-refractivity contribution in [3.63, 3.8) is 0 Å². The van der Waals surface area contributed by atoms with Gasteiger partial charge in [0.1, 0.15) is 19.0 Å². The third kappa shape index (κ3) is 4.55. The molecule has 0 aliphatic rings. The third-order valence-corrected chi connectivity index (χ3v) is 3.68. The Morgan fingerprint density at radius 3 is 2.43 bits per heavy atom. The molecule has 2 aromatic carbocycles. The molecule has 3 nitrogen and oxygen atoms in total. The van der Waals surface area contributed by atoms with Gasteiger partial charge in [-0.15, -0.1) is 11.6 Å². The summed E-state index contributed by atoms with van der Waals surface area (Å²) in [5.74, 6) is 2.55. The molecule has 0 aliphatic heterocycles. The van der Waals surface area contributed by atoms with Crippen LogP contribution in [0.2, 0.25) is 0 Å². The second-order valence-electron chi connectivity index (χ2n) is 4.25. The zero-order valence-electron chi connectivity index (χ0n) is 11.6. The van der Waals surface area contributed by atoms with Gasteiger partial charge in [0.25, 0.3) is 0 Å². The highest BCUT2D eigenvalue weighted by atomic mass is 79.9. The molecule has 5 heteroatoms. The largest absolute Gasteiger partial charge is 0.493 e. The lowest BCUT2D eigenvalue weighted by atomic mass is 10.2. The molecule has 0 saturated carbocycles. The van der Waals surface area contributed by atoms with Crippen LogP contribution in [0.4, 0.5) is 0 Å². The van der Waals surface area contributed by atoms with Crippen molar-refractivity contribution < 1.29 is 14.2 Å². The number of rotatable bonds is 7. The van der Waals surface area contributed by atoms with E-state index in [9.17, 15) is 0 Å².